The molecule has 230 valence electrons. The van der Waals surface area contributed by atoms with Gasteiger partial charge in [-0.25, -0.2) is 0 Å². The average molecular weight is 597 g/mol. The quantitative estimate of drug-likeness (QED) is 0.188. The molecule has 9 nitrogen and oxygen atoms in total. The molecule has 0 amide bonds. The number of hydrogen-bond acceptors (Lipinski definition) is 8. The highest BCUT2D eigenvalue weighted by atomic mass is 35.5. The number of ether oxygens (including phenoxy) is 6. The SMILES string of the molecule is O=C(O)CCCC=CCC1C(O)CC(OC2CCCCO2)C1OCC(COc1ccc(Cl)cc1)OC1CCCCO1. The Labute approximate surface area is 248 Å². The fourth-order valence-corrected chi connectivity index (χ4v) is 5.68. The van der Waals surface area contributed by atoms with Crippen molar-refractivity contribution in [3.63, 3.8) is 0 Å². The van der Waals surface area contributed by atoms with E-state index in [-0.39, 0.29) is 50.3 Å². The lowest BCUT2D eigenvalue weighted by Gasteiger charge is -2.32. The van der Waals surface area contributed by atoms with Crippen LogP contribution in [0.1, 0.15) is 70.6 Å². The van der Waals surface area contributed by atoms with E-state index >= 15 is 0 Å². The molecule has 2 aliphatic heterocycles. The van der Waals surface area contributed by atoms with Gasteiger partial charge in [-0.1, -0.05) is 23.8 Å². The van der Waals surface area contributed by atoms with Gasteiger partial charge in [-0.05, 0) is 82.1 Å². The van der Waals surface area contributed by atoms with Crippen LogP contribution in [0, 0.1) is 5.92 Å². The summed E-state index contributed by atoms with van der Waals surface area (Å²) in [5, 5.41) is 20.5. The van der Waals surface area contributed by atoms with Crippen molar-refractivity contribution in [1.29, 1.82) is 0 Å². The maximum atomic E-state index is 11.0. The van der Waals surface area contributed by atoms with Crippen LogP contribution in [0.3, 0.4) is 0 Å². The summed E-state index contributed by atoms with van der Waals surface area (Å²) in [6.07, 6.45) is 9.96. The van der Waals surface area contributed by atoms with E-state index in [1.54, 1.807) is 12.1 Å². The number of carboxylic acids is 1. The van der Waals surface area contributed by atoms with E-state index in [1.165, 1.54) is 0 Å². The molecule has 0 aromatic heterocycles. The molecule has 1 aliphatic carbocycles. The first-order valence-electron chi connectivity index (χ1n) is 15.1. The molecule has 2 N–H and O–H groups in total. The van der Waals surface area contributed by atoms with Crippen molar-refractivity contribution in [2.24, 2.45) is 5.92 Å². The van der Waals surface area contributed by atoms with Crippen LogP contribution in [-0.4, -0.2) is 79.6 Å². The fraction of sp³-hybridized carbons (Fsp3) is 0.710. The van der Waals surface area contributed by atoms with E-state index in [9.17, 15) is 9.90 Å². The molecule has 7 unspecified atom stereocenters. The molecular weight excluding hydrogens is 552 g/mol. The van der Waals surface area contributed by atoms with Crippen LogP contribution in [0.25, 0.3) is 0 Å². The highest BCUT2D eigenvalue weighted by molar-refractivity contribution is 6.30. The predicted molar refractivity (Wildman–Crippen MR) is 153 cm³/mol. The minimum Gasteiger partial charge on any atom is -0.491 e. The number of allylic oxidation sites excluding steroid dienone is 2. The number of benzene rings is 1. The Balaban J connectivity index is 1.40. The van der Waals surface area contributed by atoms with Crippen molar-refractivity contribution >= 4 is 17.6 Å². The van der Waals surface area contributed by atoms with Crippen LogP contribution in [0.2, 0.25) is 5.02 Å². The third-order valence-corrected chi connectivity index (χ3v) is 8.02. The fourth-order valence-electron chi connectivity index (χ4n) is 5.55. The molecule has 0 spiro atoms. The number of aliphatic hydroxyl groups is 1. The molecule has 3 fully saturated rings. The minimum atomic E-state index is -0.793. The molecule has 4 rings (SSSR count). The van der Waals surface area contributed by atoms with Gasteiger partial charge in [0.05, 0.1) is 24.9 Å². The van der Waals surface area contributed by atoms with Gasteiger partial charge in [-0.2, -0.15) is 0 Å². The van der Waals surface area contributed by atoms with Crippen LogP contribution < -0.4 is 4.74 Å². The van der Waals surface area contributed by atoms with Gasteiger partial charge in [0.1, 0.15) is 18.5 Å². The summed E-state index contributed by atoms with van der Waals surface area (Å²) in [4.78, 5) is 10.8. The van der Waals surface area contributed by atoms with E-state index in [2.05, 4.69) is 0 Å². The van der Waals surface area contributed by atoms with Gasteiger partial charge in [0.2, 0.25) is 0 Å². The standard InChI is InChI=1S/C31H45ClO9/c32-22-13-15-23(16-14-22)38-20-24(40-29-11-5-7-17-36-29)21-39-31-25(9-3-1-2-4-10-28(34)35)26(33)19-27(31)41-30-12-6-8-18-37-30/h1,3,13-16,24-27,29-31,33H,2,4-12,17-21H2,(H,34,35). The van der Waals surface area contributed by atoms with Crippen molar-refractivity contribution < 1.29 is 43.4 Å². The third kappa shape index (κ3) is 11.1. The number of aliphatic carboxylic acids is 1. The largest absolute Gasteiger partial charge is 0.491 e. The molecule has 0 bridgehead atoms. The van der Waals surface area contributed by atoms with E-state index in [1.807, 2.05) is 24.3 Å². The monoisotopic (exact) mass is 596 g/mol. The number of unbranched alkanes of at least 4 members (excludes halogenated alkanes) is 1. The number of carbonyl (C=O) groups is 1. The highest BCUT2D eigenvalue weighted by Crippen LogP contribution is 2.36. The Kier molecular flexibility index (Phi) is 13.7. The lowest BCUT2D eigenvalue weighted by molar-refractivity contribution is -0.226. The maximum Gasteiger partial charge on any atom is 0.303 e. The number of aliphatic hydroxyl groups excluding tert-OH is 1. The van der Waals surface area contributed by atoms with Crippen molar-refractivity contribution in [1.82, 2.24) is 0 Å². The van der Waals surface area contributed by atoms with Crippen molar-refractivity contribution in [2.75, 3.05) is 26.4 Å². The number of rotatable bonds is 16. The van der Waals surface area contributed by atoms with Gasteiger partial charge < -0.3 is 38.6 Å². The lowest BCUT2D eigenvalue weighted by atomic mass is 9.98. The van der Waals surface area contributed by atoms with E-state index in [0.29, 0.717) is 49.7 Å². The van der Waals surface area contributed by atoms with Gasteiger partial charge in [0, 0.05) is 37.0 Å². The second-order valence-electron chi connectivity index (χ2n) is 11.0. The number of carboxylic acid groups (broad SMARTS) is 1. The summed E-state index contributed by atoms with van der Waals surface area (Å²) in [5.41, 5.74) is 0. The summed E-state index contributed by atoms with van der Waals surface area (Å²) >= 11 is 6.02. The average Bonchev–Trinajstić information content (AvgIpc) is 3.27. The normalized spacial score (nSPS) is 29.5. The topological polar surface area (TPSA) is 113 Å². The summed E-state index contributed by atoms with van der Waals surface area (Å²) in [7, 11) is 0. The molecule has 2 heterocycles. The van der Waals surface area contributed by atoms with Crippen molar-refractivity contribution in [3.05, 3.63) is 41.4 Å². The van der Waals surface area contributed by atoms with Gasteiger partial charge in [0.15, 0.2) is 12.6 Å². The van der Waals surface area contributed by atoms with Gasteiger partial charge >= 0.3 is 5.97 Å². The third-order valence-electron chi connectivity index (χ3n) is 7.76. The van der Waals surface area contributed by atoms with E-state index in [0.717, 1.165) is 38.5 Å². The van der Waals surface area contributed by atoms with Gasteiger partial charge in [0.25, 0.3) is 0 Å². The maximum absolute atomic E-state index is 11.0. The molecule has 41 heavy (non-hydrogen) atoms. The minimum absolute atomic E-state index is 0.142. The van der Waals surface area contributed by atoms with Crippen LogP contribution in [0.15, 0.2) is 36.4 Å². The van der Waals surface area contributed by atoms with E-state index in [4.69, 9.17) is 45.1 Å². The molecule has 7 atom stereocenters. The Bertz CT molecular complexity index is 915. The first kappa shape index (κ1) is 32.2. The molecule has 10 heteroatoms. The second-order valence-corrected chi connectivity index (χ2v) is 11.5. The van der Waals surface area contributed by atoms with Crippen molar-refractivity contribution in [2.45, 2.75) is 108 Å². The Morgan fingerprint density at radius 3 is 2.44 bits per heavy atom. The zero-order chi connectivity index (χ0) is 28.9. The second kappa shape index (κ2) is 17.4. The molecule has 0 radical (unpaired) electrons. The van der Waals surface area contributed by atoms with Crippen LogP contribution in [0.4, 0.5) is 0 Å². The predicted octanol–water partition coefficient (Wildman–Crippen LogP) is 5.51. The van der Waals surface area contributed by atoms with E-state index < -0.39 is 18.2 Å². The molecule has 2 saturated heterocycles. The molecule has 1 aromatic carbocycles. The van der Waals surface area contributed by atoms with Crippen LogP contribution in [0.5, 0.6) is 5.75 Å². The zero-order valence-corrected chi connectivity index (χ0v) is 24.5. The summed E-state index contributed by atoms with van der Waals surface area (Å²) in [6.45, 7) is 1.85. The number of hydrogen-bond donors (Lipinski definition) is 2. The van der Waals surface area contributed by atoms with Crippen molar-refractivity contribution in [3.8, 4) is 5.75 Å². The summed E-state index contributed by atoms with van der Waals surface area (Å²) in [6, 6.07) is 7.19. The lowest BCUT2D eigenvalue weighted by Crippen LogP contribution is -2.40. The smallest absolute Gasteiger partial charge is 0.303 e. The summed E-state index contributed by atoms with van der Waals surface area (Å²) < 4.78 is 36.9. The Hall–Kier alpha value is -1.72. The molecule has 1 saturated carbocycles. The molecular formula is C31H45ClO9. The van der Waals surface area contributed by atoms with Crippen LogP contribution in [-0.2, 0) is 28.5 Å². The number of halogens is 1. The highest BCUT2D eigenvalue weighted by Gasteiger charge is 2.45. The Morgan fingerprint density at radius 2 is 1.76 bits per heavy atom. The van der Waals surface area contributed by atoms with Crippen LogP contribution >= 0.6 is 11.6 Å². The Morgan fingerprint density at radius 1 is 1.02 bits per heavy atom. The first-order chi connectivity index (χ1) is 20.0. The van der Waals surface area contributed by atoms with Gasteiger partial charge in [-0.3, -0.25) is 4.79 Å². The first-order valence-corrected chi connectivity index (χ1v) is 15.4. The molecule has 3 aliphatic rings. The van der Waals surface area contributed by atoms with Gasteiger partial charge in [-0.15, -0.1) is 0 Å². The molecule has 1 aromatic rings. The summed E-state index contributed by atoms with van der Waals surface area (Å²) in [5.74, 6) is -0.285. The zero-order valence-electron chi connectivity index (χ0n) is 23.7.